The standard InChI is InChI=1S/C18H27N3O2S/c1-14(18(23)21-10-8-20(9-11-21)15(2)22)19-6-3-16(4-7-19)17-5-12-24-13-17/h5,12-14,16H,3-4,6-11H2,1-2H3. The van der Waals surface area contributed by atoms with Crippen molar-refractivity contribution in [2.24, 2.45) is 0 Å². The highest BCUT2D eigenvalue weighted by atomic mass is 32.1. The van der Waals surface area contributed by atoms with Gasteiger partial charge in [0.15, 0.2) is 0 Å². The second-order valence-corrected chi connectivity index (χ2v) is 7.65. The van der Waals surface area contributed by atoms with Crippen molar-refractivity contribution in [2.45, 2.75) is 38.6 Å². The van der Waals surface area contributed by atoms with Crippen molar-refractivity contribution in [3.63, 3.8) is 0 Å². The van der Waals surface area contributed by atoms with Gasteiger partial charge in [0.25, 0.3) is 0 Å². The molecule has 3 heterocycles. The number of carbonyl (C=O) groups excluding carboxylic acids is 2. The Morgan fingerprint density at radius 2 is 1.71 bits per heavy atom. The lowest BCUT2D eigenvalue weighted by molar-refractivity contribution is -0.142. The Morgan fingerprint density at radius 1 is 1.08 bits per heavy atom. The Morgan fingerprint density at radius 3 is 2.25 bits per heavy atom. The summed E-state index contributed by atoms with van der Waals surface area (Å²) in [5.41, 5.74) is 1.46. The summed E-state index contributed by atoms with van der Waals surface area (Å²) in [5, 5.41) is 4.40. The zero-order chi connectivity index (χ0) is 17.1. The van der Waals surface area contributed by atoms with Crippen LogP contribution in [0.15, 0.2) is 16.8 Å². The minimum atomic E-state index is -0.0581. The van der Waals surface area contributed by atoms with E-state index in [9.17, 15) is 9.59 Å². The summed E-state index contributed by atoms with van der Waals surface area (Å²) in [6, 6.07) is 2.17. The molecular weight excluding hydrogens is 322 g/mol. The van der Waals surface area contributed by atoms with Crippen LogP contribution in [0, 0.1) is 0 Å². The van der Waals surface area contributed by atoms with E-state index in [-0.39, 0.29) is 17.9 Å². The number of likely N-dealkylation sites (tertiary alicyclic amines) is 1. The molecule has 2 saturated heterocycles. The van der Waals surface area contributed by atoms with E-state index in [2.05, 4.69) is 21.7 Å². The van der Waals surface area contributed by atoms with E-state index in [1.165, 1.54) is 5.56 Å². The van der Waals surface area contributed by atoms with Gasteiger partial charge in [-0.25, -0.2) is 0 Å². The first-order valence-corrected chi connectivity index (χ1v) is 9.81. The highest BCUT2D eigenvalue weighted by Gasteiger charge is 2.31. The third-order valence-electron chi connectivity index (χ3n) is 5.49. The smallest absolute Gasteiger partial charge is 0.239 e. The Hall–Kier alpha value is -1.40. The van der Waals surface area contributed by atoms with Crippen molar-refractivity contribution in [1.29, 1.82) is 0 Å². The van der Waals surface area contributed by atoms with Crippen molar-refractivity contribution < 1.29 is 9.59 Å². The summed E-state index contributed by atoms with van der Waals surface area (Å²) in [7, 11) is 0. The number of hydrogen-bond donors (Lipinski definition) is 0. The second kappa shape index (κ2) is 7.66. The summed E-state index contributed by atoms with van der Waals surface area (Å²) in [4.78, 5) is 30.2. The fourth-order valence-corrected chi connectivity index (χ4v) is 4.53. The topological polar surface area (TPSA) is 43.9 Å². The van der Waals surface area contributed by atoms with Gasteiger partial charge in [0, 0.05) is 33.1 Å². The summed E-state index contributed by atoms with van der Waals surface area (Å²) in [5.74, 6) is 0.965. The fourth-order valence-electron chi connectivity index (χ4n) is 3.79. The summed E-state index contributed by atoms with van der Waals surface area (Å²) >= 11 is 1.76. The van der Waals surface area contributed by atoms with Gasteiger partial charge < -0.3 is 9.80 Å². The van der Waals surface area contributed by atoms with E-state index >= 15 is 0 Å². The monoisotopic (exact) mass is 349 g/mol. The number of hydrogen-bond acceptors (Lipinski definition) is 4. The molecule has 1 atom stereocenters. The lowest BCUT2D eigenvalue weighted by atomic mass is 9.90. The molecule has 3 rings (SSSR count). The third kappa shape index (κ3) is 3.81. The van der Waals surface area contributed by atoms with Crippen molar-refractivity contribution >= 4 is 23.2 Å². The Labute approximate surface area is 148 Å². The molecule has 0 bridgehead atoms. The van der Waals surface area contributed by atoms with Gasteiger partial charge in [-0.05, 0) is 61.2 Å². The molecule has 132 valence electrons. The lowest BCUT2D eigenvalue weighted by Crippen LogP contribution is -2.55. The first kappa shape index (κ1) is 17.4. The Bertz CT molecular complexity index is 559. The summed E-state index contributed by atoms with van der Waals surface area (Å²) in [6.45, 7) is 8.24. The maximum Gasteiger partial charge on any atom is 0.239 e. The van der Waals surface area contributed by atoms with Crippen LogP contribution < -0.4 is 0 Å². The molecule has 6 heteroatoms. The molecule has 0 aliphatic carbocycles. The quantitative estimate of drug-likeness (QED) is 0.838. The molecular formula is C18H27N3O2S. The highest BCUT2D eigenvalue weighted by Crippen LogP contribution is 2.30. The van der Waals surface area contributed by atoms with Gasteiger partial charge in [-0.1, -0.05) is 0 Å². The Balaban J connectivity index is 1.49. The van der Waals surface area contributed by atoms with Gasteiger partial charge in [0.1, 0.15) is 0 Å². The number of amides is 2. The van der Waals surface area contributed by atoms with Crippen LogP contribution in [0.1, 0.15) is 38.2 Å². The minimum absolute atomic E-state index is 0.0581. The molecule has 2 aliphatic heterocycles. The average molecular weight is 350 g/mol. The predicted octanol–water partition coefficient (Wildman–Crippen LogP) is 2.01. The number of nitrogens with zero attached hydrogens (tertiary/aromatic N) is 3. The molecule has 0 aromatic carbocycles. The molecule has 0 N–H and O–H groups in total. The van der Waals surface area contributed by atoms with E-state index in [4.69, 9.17) is 0 Å². The zero-order valence-electron chi connectivity index (χ0n) is 14.6. The van der Waals surface area contributed by atoms with Crippen LogP contribution in [0.5, 0.6) is 0 Å². The number of piperidine rings is 1. The molecule has 1 aromatic rings. The number of thiophene rings is 1. The predicted molar refractivity (Wildman–Crippen MR) is 96.2 cm³/mol. The van der Waals surface area contributed by atoms with Gasteiger partial charge in [-0.2, -0.15) is 11.3 Å². The van der Waals surface area contributed by atoms with Crippen molar-refractivity contribution in [1.82, 2.24) is 14.7 Å². The van der Waals surface area contributed by atoms with Crippen LogP contribution >= 0.6 is 11.3 Å². The number of rotatable bonds is 3. The zero-order valence-corrected chi connectivity index (χ0v) is 15.4. The summed E-state index contributed by atoms with van der Waals surface area (Å²) < 4.78 is 0. The van der Waals surface area contributed by atoms with Gasteiger partial charge in [0.05, 0.1) is 6.04 Å². The normalized spacial score (nSPS) is 21.8. The average Bonchev–Trinajstić information content (AvgIpc) is 3.15. The van der Waals surface area contributed by atoms with E-state index in [1.54, 1.807) is 18.3 Å². The first-order valence-electron chi connectivity index (χ1n) is 8.86. The van der Waals surface area contributed by atoms with Crippen LogP contribution in [0.3, 0.4) is 0 Å². The van der Waals surface area contributed by atoms with Crippen molar-refractivity contribution in [2.75, 3.05) is 39.3 Å². The molecule has 2 amide bonds. The van der Waals surface area contributed by atoms with Crippen molar-refractivity contribution in [3.8, 4) is 0 Å². The maximum atomic E-state index is 12.8. The van der Waals surface area contributed by atoms with Crippen molar-refractivity contribution in [3.05, 3.63) is 22.4 Å². The van der Waals surface area contributed by atoms with E-state index < -0.39 is 0 Å². The molecule has 0 saturated carbocycles. The largest absolute Gasteiger partial charge is 0.339 e. The number of piperazine rings is 1. The van der Waals surface area contributed by atoms with Crippen LogP contribution in [0.4, 0.5) is 0 Å². The van der Waals surface area contributed by atoms with E-state index in [0.29, 0.717) is 32.1 Å². The first-order chi connectivity index (χ1) is 11.6. The molecule has 0 spiro atoms. The lowest BCUT2D eigenvalue weighted by Gasteiger charge is -2.40. The molecule has 0 radical (unpaired) electrons. The van der Waals surface area contributed by atoms with Gasteiger partial charge in [0.2, 0.25) is 11.8 Å². The number of carbonyl (C=O) groups is 2. The molecule has 1 unspecified atom stereocenters. The molecule has 1 aromatic heterocycles. The SMILES string of the molecule is CC(=O)N1CCN(C(=O)C(C)N2CCC(c3ccsc3)CC2)CC1. The molecule has 2 aliphatic rings. The molecule has 2 fully saturated rings. The van der Waals surface area contributed by atoms with Crippen LogP contribution in [-0.2, 0) is 9.59 Å². The van der Waals surface area contributed by atoms with E-state index in [1.807, 2.05) is 16.7 Å². The van der Waals surface area contributed by atoms with Crippen LogP contribution in [-0.4, -0.2) is 71.8 Å². The maximum absolute atomic E-state index is 12.8. The minimum Gasteiger partial charge on any atom is -0.339 e. The third-order valence-corrected chi connectivity index (χ3v) is 6.19. The molecule has 5 nitrogen and oxygen atoms in total. The van der Waals surface area contributed by atoms with Crippen LogP contribution in [0.25, 0.3) is 0 Å². The Kier molecular flexibility index (Phi) is 5.56. The highest BCUT2D eigenvalue weighted by molar-refractivity contribution is 7.07. The van der Waals surface area contributed by atoms with Gasteiger partial charge in [-0.15, -0.1) is 0 Å². The fraction of sp³-hybridized carbons (Fsp3) is 0.667. The van der Waals surface area contributed by atoms with E-state index in [0.717, 1.165) is 25.9 Å². The van der Waals surface area contributed by atoms with Gasteiger partial charge >= 0.3 is 0 Å². The second-order valence-electron chi connectivity index (χ2n) is 6.87. The van der Waals surface area contributed by atoms with Crippen LogP contribution in [0.2, 0.25) is 0 Å². The molecule has 24 heavy (non-hydrogen) atoms. The van der Waals surface area contributed by atoms with Gasteiger partial charge in [-0.3, -0.25) is 14.5 Å². The summed E-state index contributed by atoms with van der Waals surface area (Å²) in [6.07, 6.45) is 2.26.